The number of sulfone groups is 1. The number of pyridine rings is 1. The van der Waals surface area contributed by atoms with Crippen molar-refractivity contribution in [1.82, 2.24) is 9.88 Å². The lowest BCUT2D eigenvalue weighted by Gasteiger charge is -2.17. The number of hydrogen-bond acceptors (Lipinski definition) is 5. The molecule has 6 heteroatoms. The number of ether oxygens (including phenoxy) is 1. The Hall–Kier alpha value is -1.92. The van der Waals surface area contributed by atoms with Gasteiger partial charge in [-0.3, -0.25) is 9.88 Å². The van der Waals surface area contributed by atoms with Crippen molar-refractivity contribution >= 4 is 9.84 Å². The van der Waals surface area contributed by atoms with E-state index in [9.17, 15) is 8.42 Å². The molecule has 0 bridgehead atoms. The minimum atomic E-state index is -3.29. The molecule has 2 aliphatic rings. The molecular weight excluding hydrogens is 360 g/mol. The van der Waals surface area contributed by atoms with E-state index < -0.39 is 9.84 Å². The standard InChI is InChI=1S/C21H26N2O3S/c1-16-8-10-22-12-21(16)27(24,25)15-18-9-11-23(14-18)13-17-2-4-19(5-3-17)26-20-6-7-20/h2-5,8,10,12,18,20H,6-7,9,11,13-15H2,1H3/t18-/m1/s1. The number of likely N-dealkylation sites (tertiary alicyclic amines) is 1. The van der Waals surface area contributed by atoms with E-state index in [0.29, 0.717) is 11.0 Å². The predicted octanol–water partition coefficient (Wildman–Crippen LogP) is 3.23. The molecule has 2 aromatic rings. The van der Waals surface area contributed by atoms with E-state index in [2.05, 4.69) is 22.0 Å². The summed E-state index contributed by atoms with van der Waals surface area (Å²) < 4.78 is 31.3. The highest BCUT2D eigenvalue weighted by Gasteiger charge is 2.29. The van der Waals surface area contributed by atoms with Crippen molar-refractivity contribution in [3.05, 3.63) is 53.9 Å². The quantitative estimate of drug-likeness (QED) is 0.731. The Morgan fingerprint density at radius 3 is 2.63 bits per heavy atom. The molecule has 0 N–H and O–H groups in total. The van der Waals surface area contributed by atoms with Crippen molar-refractivity contribution in [2.45, 2.75) is 43.7 Å². The van der Waals surface area contributed by atoms with Gasteiger partial charge in [0.05, 0.1) is 16.8 Å². The molecule has 1 aliphatic heterocycles. The fraction of sp³-hybridized carbons (Fsp3) is 0.476. The van der Waals surface area contributed by atoms with Crippen LogP contribution in [0.5, 0.6) is 5.75 Å². The minimum absolute atomic E-state index is 0.173. The van der Waals surface area contributed by atoms with E-state index in [1.165, 1.54) is 24.6 Å². The summed E-state index contributed by atoms with van der Waals surface area (Å²) in [6.45, 7) is 4.43. The predicted molar refractivity (Wildman–Crippen MR) is 105 cm³/mol. The molecule has 0 amide bonds. The van der Waals surface area contributed by atoms with Gasteiger partial charge in [-0.15, -0.1) is 0 Å². The monoisotopic (exact) mass is 386 g/mol. The molecule has 0 radical (unpaired) electrons. The number of rotatable bonds is 7. The normalized spacial score (nSPS) is 20.7. The molecule has 2 heterocycles. The molecule has 4 rings (SSSR count). The molecule has 1 aromatic heterocycles. The fourth-order valence-corrected chi connectivity index (χ4v) is 5.53. The smallest absolute Gasteiger partial charge is 0.180 e. The van der Waals surface area contributed by atoms with Gasteiger partial charge in [0.2, 0.25) is 0 Å². The Morgan fingerprint density at radius 1 is 1.15 bits per heavy atom. The first-order valence-electron chi connectivity index (χ1n) is 9.61. The van der Waals surface area contributed by atoms with E-state index in [-0.39, 0.29) is 11.7 Å². The van der Waals surface area contributed by atoms with Gasteiger partial charge in [-0.1, -0.05) is 12.1 Å². The number of nitrogens with zero attached hydrogens (tertiary/aromatic N) is 2. The van der Waals surface area contributed by atoms with E-state index in [4.69, 9.17) is 4.74 Å². The average molecular weight is 387 g/mol. The highest BCUT2D eigenvalue weighted by Crippen LogP contribution is 2.28. The first-order valence-corrected chi connectivity index (χ1v) is 11.3. The van der Waals surface area contributed by atoms with Crippen LogP contribution in [0.15, 0.2) is 47.6 Å². The van der Waals surface area contributed by atoms with Crippen LogP contribution >= 0.6 is 0 Å². The number of aryl methyl sites for hydroxylation is 1. The van der Waals surface area contributed by atoms with Gasteiger partial charge in [0.25, 0.3) is 0 Å². The largest absolute Gasteiger partial charge is 0.490 e. The van der Waals surface area contributed by atoms with Crippen molar-refractivity contribution < 1.29 is 13.2 Å². The molecule has 1 atom stereocenters. The Labute approximate surface area is 161 Å². The van der Waals surface area contributed by atoms with Gasteiger partial charge in [0.15, 0.2) is 9.84 Å². The molecule has 1 saturated heterocycles. The maximum absolute atomic E-state index is 12.7. The summed E-state index contributed by atoms with van der Waals surface area (Å²) in [4.78, 5) is 6.70. The first kappa shape index (κ1) is 18.4. The van der Waals surface area contributed by atoms with Gasteiger partial charge in [-0.05, 0) is 68.0 Å². The Morgan fingerprint density at radius 2 is 1.93 bits per heavy atom. The van der Waals surface area contributed by atoms with Crippen molar-refractivity contribution in [2.75, 3.05) is 18.8 Å². The van der Waals surface area contributed by atoms with E-state index in [1.54, 1.807) is 12.3 Å². The third-order valence-electron chi connectivity index (χ3n) is 5.31. The van der Waals surface area contributed by atoms with Crippen LogP contribution in [-0.4, -0.2) is 43.2 Å². The lowest BCUT2D eigenvalue weighted by molar-refractivity contribution is 0.302. The van der Waals surface area contributed by atoms with Crippen molar-refractivity contribution in [3.63, 3.8) is 0 Å². The van der Waals surface area contributed by atoms with E-state index >= 15 is 0 Å². The van der Waals surface area contributed by atoms with Crippen LogP contribution in [0.1, 0.15) is 30.4 Å². The van der Waals surface area contributed by atoms with Crippen LogP contribution in [0.2, 0.25) is 0 Å². The van der Waals surface area contributed by atoms with Gasteiger partial charge >= 0.3 is 0 Å². The van der Waals surface area contributed by atoms with Crippen LogP contribution in [0.25, 0.3) is 0 Å². The summed E-state index contributed by atoms with van der Waals surface area (Å²) in [7, 11) is -3.29. The number of hydrogen-bond donors (Lipinski definition) is 0. The second kappa shape index (κ2) is 7.60. The molecule has 5 nitrogen and oxygen atoms in total. The Balaban J connectivity index is 1.32. The van der Waals surface area contributed by atoms with Gasteiger partial charge in [-0.2, -0.15) is 0 Å². The molecule has 1 aromatic carbocycles. The van der Waals surface area contributed by atoms with Gasteiger partial charge < -0.3 is 4.74 Å². The van der Waals surface area contributed by atoms with Crippen LogP contribution < -0.4 is 4.74 Å². The second-order valence-corrected chi connectivity index (χ2v) is 9.78. The molecule has 27 heavy (non-hydrogen) atoms. The topological polar surface area (TPSA) is 59.5 Å². The maximum Gasteiger partial charge on any atom is 0.180 e. The zero-order valence-corrected chi connectivity index (χ0v) is 16.5. The lowest BCUT2D eigenvalue weighted by Crippen LogP contribution is -2.23. The highest BCUT2D eigenvalue weighted by atomic mass is 32.2. The van der Waals surface area contributed by atoms with Gasteiger partial charge in [0, 0.05) is 25.5 Å². The summed E-state index contributed by atoms with van der Waals surface area (Å²) >= 11 is 0. The third kappa shape index (κ3) is 4.68. The van der Waals surface area contributed by atoms with E-state index in [1.807, 2.05) is 19.1 Å². The Bertz CT molecular complexity index is 892. The fourth-order valence-electron chi connectivity index (χ4n) is 3.68. The number of benzene rings is 1. The average Bonchev–Trinajstić information content (AvgIpc) is 3.35. The lowest BCUT2D eigenvalue weighted by atomic mass is 10.1. The molecule has 1 aliphatic carbocycles. The maximum atomic E-state index is 12.7. The summed E-state index contributed by atoms with van der Waals surface area (Å²) in [6.07, 6.45) is 6.77. The minimum Gasteiger partial charge on any atom is -0.490 e. The summed E-state index contributed by atoms with van der Waals surface area (Å²) in [5.41, 5.74) is 2.01. The van der Waals surface area contributed by atoms with Crippen LogP contribution in [0.3, 0.4) is 0 Å². The third-order valence-corrected chi connectivity index (χ3v) is 7.32. The molecule has 144 valence electrons. The van der Waals surface area contributed by atoms with Crippen molar-refractivity contribution in [1.29, 1.82) is 0 Å². The molecule has 0 spiro atoms. The van der Waals surface area contributed by atoms with Crippen molar-refractivity contribution in [3.8, 4) is 5.75 Å². The SMILES string of the molecule is Cc1ccncc1S(=O)(=O)C[C@@H]1CCN(Cc2ccc(OC3CC3)cc2)C1. The van der Waals surface area contributed by atoms with Crippen LogP contribution in [0.4, 0.5) is 0 Å². The highest BCUT2D eigenvalue weighted by molar-refractivity contribution is 7.91. The van der Waals surface area contributed by atoms with Crippen LogP contribution in [0, 0.1) is 12.8 Å². The first-order chi connectivity index (χ1) is 13.0. The summed E-state index contributed by atoms with van der Waals surface area (Å²) in [5, 5.41) is 0. The Kier molecular flexibility index (Phi) is 5.19. The van der Waals surface area contributed by atoms with Gasteiger partial charge in [-0.25, -0.2) is 8.42 Å². The van der Waals surface area contributed by atoms with Gasteiger partial charge in [0.1, 0.15) is 5.75 Å². The molecule has 2 fully saturated rings. The number of aromatic nitrogens is 1. The zero-order valence-electron chi connectivity index (χ0n) is 15.7. The zero-order chi connectivity index (χ0) is 18.9. The summed E-state index contributed by atoms with van der Waals surface area (Å²) in [5.74, 6) is 1.31. The molecular formula is C21H26N2O3S. The molecule has 1 saturated carbocycles. The molecule has 0 unspecified atom stereocenters. The van der Waals surface area contributed by atoms with E-state index in [0.717, 1.165) is 37.4 Å². The summed E-state index contributed by atoms with van der Waals surface area (Å²) in [6, 6.07) is 10.1. The second-order valence-electron chi connectivity index (χ2n) is 7.77. The van der Waals surface area contributed by atoms with Crippen molar-refractivity contribution in [2.24, 2.45) is 5.92 Å². The van der Waals surface area contributed by atoms with Crippen LogP contribution in [-0.2, 0) is 16.4 Å².